The van der Waals surface area contributed by atoms with Crippen LogP contribution in [-0.2, 0) is 11.3 Å². The average molecular weight is 468 g/mol. The zero-order valence-electron chi connectivity index (χ0n) is 19.2. The third-order valence-electron chi connectivity index (χ3n) is 5.66. The lowest BCUT2D eigenvalue weighted by Crippen LogP contribution is -2.40. The lowest BCUT2D eigenvalue weighted by Gasteiger charge is -2.35. The fraction of sp³-hybridized carbons (Fsp3) is 0.417. The second kappa shape index (κ2) is 10.2. The van der Waals surface area contributed by atoms with Gasteiger partial charge in [-0.3, -0.25) is 14.2 Å². The zero-order valence-corrected chi connectivity index (χ0v) is 20.0. The van der Waals surface area contributed by atoms with E-state index in [4.69, 9.17) is 4.42 Å². The number of aromatic nitrogens is 3. The summed E-state index contributed by atoms with van der Waals surface area (Å²) in [5.74, 6) is 2.60. The Bertz CT molecular complexity index is 1100. The number of rotatable bonds is 8. The monoisotopic (exact) mass is 467 g/mol. The minimum absolute atomic E-state index is 0.0913. The molecule has 3 aromatic rings. The van der Waals surface area contributed by atoms with Crippen LogP contribution in [0.5, 0.6) is 0 Å². The number of thioether (sulfide) groups is 1. The van der Waals surface area contributed by atoms with Gasteiger partial charge in [0.15, 0.2) is 10.9 Å². The summed E-state index contributed by atoms with van der Waals surface area (Å²) < 4.78 is 7.59. The molecule has 2 aromatic heterocycles. The molecule has 0 radical (unpaired) electrons. The Kier molecular flexibility index (Phi) is 7.17. The molecule has 1 aliphatic heterocycles. The number of nitrogens with zero attached hydrogens (tertiary/aromatic N) is 4. The Morgan fingerprint density at radius 1 is 1.12 bits per heavy atom. The highest BCUT2D eigenvalue weighted by molar-refractivity contribution is 7.99. The van der Waals surface area contributed by atoms with E-state index in [2.05, 4.69) is 34.3 Å². The molecular weight excluding hydrogens is 438 g/mol. The highest BCUT2D eigenvalue weighted by Gasteiger charge is 2.27. The molecule has 0 spiro atoms. The lowest BCUT2D eigenvalue weighted by atomic mass is 9.92. The lowest BCUT2D eigenvalue weighted by molar-refractivity contribution is -0.113. The number of anilines is 2. The van der Waals surface area contributed by atoms with Crippen LogP contribution in [-0.4, -0.2) is 45.3 Å². The molecule has 4 rings (SSSR count). The van der Waals surface area contributed by atoms with E-state index in [0.29, 0.717) is 34.8 Å². The average Bonchev–Trinajstić information content (AvgIpc) is 3.42. The predicted molar refractivity (Wildman–Crippen MR) is 129 cm³/mol. The van der Waals surface area contributed by atoms with Crippen LogP contribution in [0.25, 0.3) is 0 Å². The topological polar surface area (TPSA) is 93.3 Å². The van der Waals surface area contributed by atoms with E-state index < -0.39 is 0 Å². The molecule has 8 nitrogen and oxygen atoms in total. The van der Waals surface area contributed by atoms with Gasteiger partial charge in [-0.25, -0.2) is 0 Å². The highest BCUT2D eigenvalue weighted by atomic mass is 32.2. The highest BCUT2D eigenvalue weighted by Crippen LogP contribution is 2.29. The van der Waals surface area contributed by atoms with Crippen molar-refractivity contribution in [2.45, 2.75) is 38.9 Å². The molecule has 1 aliphatic rings. The Labute approximate surface area is 197 Å². The van der Waals surface area contributed by atoms with Gasteiger partial charge in [-0.1, -0.05) is 37.7 Å². The number of furan rings is 1. The van der Waals surface area contributed by atoms with Crippen molar-refractivity contribution in [1.82, 2.24) is 14.8 Å². The van der Waals surface area contributed by atoms with Crippen LogP contribution >= 0.6 is 11.8 Å². The SMILES string of the molecule is CC(=O)c1ccccc1NC(=O)CSc1nnc(N2CC(C)CC(C)C2)n1Cc1ccco1. The van der Waals surface area contributed by atoms with Crippen molar-refractivity contribution in [2.75, 3.05) is 29.1 Å². The molecule has 9 heteroatoms. The number of ketones is 1. The van der Waals surface area contributed by atoms with E-state index in [1.165, 1.54) is 25.1 Å². The molecule has 174 valence electrons. The van der Waals surface area contributed by atoms with Crippen LogP contribution in [0.4, 0.5) is 11.6 Å². The van der Waals surface area contributed by atoms with Crippen LogP contribution in [0.2, 0.25) is 0 Å². The van der Waals surface area contributed by atoms with Gasteiger partial charge >= 0.3 is 0 Å². The molecular formula is C24H29N5O3S. The van der Waals surface area contributed by atoms with Crippen LogP contribution in [0, 0.1) is 11.8 Å². The molecule has 1 N–H and O–H groups in total. The largest absolute Gasteiger partial charge is 0.467 e. The van der Waals surface area contributed by atoms with Gasteiger partial charge in [-0.05, 0) is 49.4 Å². The van der Waals surface area contributed by atoms with Gasteiger partial charge in [-0.2, -0.15) is 0 Å². The van der Waals surface area contributed by atoms with Gasteiger partial charge in [0.1, 0.15) is 5.76 Å². The molecule has 0 saturated carbocycles. The summed E-state index contributed by atoms with van der Waals surface area (Å²) in [5, 5.41) is 12.4. The Hall–Kier alpha value is -3.07. The van der Waals surface area contributed by atoms with Gasteiger partial charge in [0.25, 0.3) is 0 Å². The van der Waals surface area contributed by atoms with Crippen LogP contribution < -0.4 is 10.2 Å². The van der Waals surface area contributed by atoms with Crippen molar-refractivity contribution >= 4 is 35.1 Å². The number of piperidine rings is 1. The first-order valence-electron chi connectivity index (χ1n) is 11.1. The van der Waals surface area contributed by atoms with Crippen molar-refractivity contribution in [3.63, 3.8) is 0 Å². The molecule has 1 aromatic carbocycles. The van der Waals surface area contributed by atoms with Gasteiger partial charge in [0, 0.05) is 18.7 Å². The van der Waals surface area contributed by atoms with Crippen molar-refractivity contribution in [3.05, 3.63) is 54.0 Å². The van der Waals surface area contributed by atoms with E-state index in [9.17, 15) is 9.59 Å². The fourth-order valence-corrected chi connectivity index (χ4v) is 5.09. The van der Waals surface area contributed by atoms with Crippen LogP contribution in [0.15, 0.2) is 52.2 Å². The maximum atomic E-state index is 12.7. The summed E-state index contributed by atoms with van der Waals surface area (Å²) >= 11 is 1.32. The number of carbonyl (C=O) groups excluding carboxylic acids is 2. The quantitative estimate of drug-likeness (QED) is 0.389. The number of nitrogens with one attached hydrogen (secondary N) is 1. The number of hydrogen-bond acceptors (Lipinski definition) is 7. The van der Waals surface area contributed by atoms with Crippen molar-refractivity contribution in [1.29, 1.82) is 0 Å². The minimum Gasteiger partial charge on any atom is -0.467 e. The minimum atomic E-state index is -0.206. The van der Waals surface area contributed by atoms with Crippen LogP contribution in [0.3, 0.4) is 0 Å². The first-order valence-corrected chi connectivity index (χ1v) is 12.1. The Morgan fingerprint density at radius 2 is 1.88 bits per heavy atom. The third kappa shape index (κ3) is 5.65. The standard InChI is InChI=1S/C24H29N5O3S/c1-16-11-17(2)13-28(12-16)23-26-27-24(29(23)14-19-7-6-10-32-19)33-15-22(31)25-21-9-5-4-8-20(21)18(3)30/h4-10,16-17H,11-15H2,1-3H3,(H,25,31). The summed E-state index contributed by atoms with van der Waals surface area (Å²) in [5.41, 5.74) is 1.01. The summed E-state index contributed by atoms with van der Waals surface area (Å²) in [6.45, 7) is 8.34. The first kappa shape index (κ1) is 23.1. The molecule has 3 heterocycles. The molecule has 2 unspecified atom stereocenters. The van der Waals surface area contributed by atoms with Crippen molar-refractivity contribution in [3.8, 4) is 0 Å². The van der Waals surface area contributed by atoms with Gasteiger partial charge in [0.05, 0.1) is 24.2 Å². The summed E-state index contributed by atoms with van der Waals surface area (Å²) in [6, 6.07) is 10.8. The first-order chi connectivity index (χ1) is 15.9. The van der Waals surface area contributed by atoms with E-state index in [1.807, 2.05) is 16.7 Å². The number of carbonyl (C=O) groups is 2. The molecule has 0 aliphatic carbocycles. The maximum absolute atomic E-state index is 12.7. The van der Waals surface area contributed by atoms with E-state index in [1.54, 1.807) is 30.5 Å². The second-order valence-corrected chi connectivity index (χ2v) is 9.68. The van der Waals surface area contributed by atoms with E-state index in [-0.39, 0.29) is 17.4 Å². The Balaban J connectivity index is 1.51. The number of hydrogen-bond donors (Lipinski definition) is 1. The number of para-hydroxylation sites is 1. The second-order valence-electron chi connectivity index (χ2n) is 8.74. The summed E-state index contributed by atoms with van der Waals surface area (Å²) in [6.07, 6.45) is 2.85. The van der Waals surface area contributed by atoms with Gasteiger partial charge < -0.3 is 14.6 Å². The zero-order chi connectivity index (χ0) is 23.4. The number of amides is 1. The summed E-state index contributed by atoms with van der Waals surface area (Å²) in [7, 11) is 0. The van der Waals surface area contributed by atoms with Gasteiger partial charge in [0.2, 0.25) is 11.9 Å². The number of Topliss-reactive ketones (excluding diaryl/α,β-unsaturated/α-hetero) is 1. The molecule has 0 bridgehead atoms. The van der Waals surface area contributed by atoms with Crippen LogP contribution in [0.1, 0.15) is 43.3 Å². The molecule has 1 amide bonds. The Morgan fingerprint density at radius 3 is 2.58 bits per heavy atom. The number of benzene rings is 1. The van der Waals surface area contributed by atoms with E-state index >= 15 is 0 Å². The maximum Gasteiger partial charge on any atom is 0.234 e. The molecule has 1 saturated heterocycles. The van der Waals surface area contributed by atoms with Crippen molar-refractivity contribution in [2.24, 2.45) is 11.8 Å². The molecule has 1 fully saturated rings. The normalized spacial score (nSPS) is 18.3. The van der Waals surface area contributed by atoms with Crippen molar-refractivity contribution < 1.29 is 14.0 Å². The predicted octanol–water partition coefficient (Wildman–Crippen LogP) is 4.34. The summed E-state index contributed by atoms with van der Waals surface area (Å²) in [4.78, 5) is 26.8. The van der Waals surface area contributed by atoms with E-state index in [0.717, 1.165) is 24.8 Å². The molecule has 2 atom stereocenters. The molecule has 33 heavy (non-hydrogen) atoms. The third-order valence-corrected chi connectivity index (χ3v) is 6.62. The smallest absolute Gasteiger partial charge is 0.234 e. The fourth-order valence-electron chi connectivity index (χ4n) is 4.36. The van der Waals surface area contributed by atoms with Gasteiger partial charge in [-0.15, -0.1) is 10.2 Å².